The van der Waals surface area contributed by atoms with Gasteiger partial charge in [-0.2, -0.15) is 0 Å². The van der Waals surface area contributed by atoms with Gasteiger partial charge in [-0.25, -0.2) is 0 Å². The Morgan fingerprint density at radius 3 is 1.13 bits per heavy atom. The molecule has 1 amide bonds. The zero-order chi connectivity index (χ0) is 97.9. The number of aliphatic hydroxyl groups is 27. The van der Waals surface area contributed by atoms with Crippen molar-refractivity contribution in [3.63, 3.8) is 0 Å². The van der Waals surface area contributed by atoms with Crippen LogP contribution in [0, 0.1) is 12.3 Å². The van der Waals surface area contributed by atoms with E-state index in [1.165, 1.54) is 0 Å². The predicted octanol–water partition coefficient (Wildman–Crippen LogP) is -14.0. The molecule has 0 aromatic carbocycles. The molecule has 9 aliphatic rings. The van der Waals surface area contributed by atoms with Crippen molar-refractivity contribution < 1.29 is 241 Å². The van der Waals surface area contributed by atoms with Crippen molar-refractivity contribution in [1.29, 1.82) is 0 Å². The van der Waals surface area contributed by atoms with Gasteiger partial charge < -0.3 is 241 Å². The molecule has 0 radical (unpaired) electrons. The van der Waals surface area contributed by atoms with Crippen LogP contribution in [-0.2, 0) is 103 Å². The molecular formula is C73H131N7O49Si3. The Morgan fingerprint density at radius 2 is 0.742 bits per heavy atom. The fraction of sp³-hybridized carbons (Fsp3) is 0.959. The maximum absolute atomic E-state index is 12.5. The van der Waals surface area contributed by atoms with Gasteiger partial charge in [0.05, 0.1) is 97.9 Å². The summed E-state index contributed by atoms with van der Waals surface area (Å²) in [5, 5.41) is 299. The average Bonchev–Trinajstić information content (AvgIpc) is 0.765. The van der Waals surface area contributed by atoms with Gasteiger partial charge in [-0.3, -0.25) is 4.79 Å². The van der Waals surface area contributed by atoms with Crippen LogP contribution < -0.4 is 0 Å². The number of terminal acetylenes is 1. The van der Waals surface area contributed by atoms with Crippen molar-refractivity contribution in [1.82, 2.24) is 4.90 Å². The van der Waals surface area contributed by atoms with Crippen LogP contribution in [0.1, 0.15) is 19.8 Å². The van der Waals surface area contributed by atoms with E-state index in [0.717, 1.165) is 36.8 Å². The van der Waals surface area contributed by atoms with Crippen LogP contribution in [0.4, 0.5) is 0 Å². The molecule has 9 heterocycles. The second-order valence-electron chi connectivity index (χ2n) is 34.6. The molecular weight excluding hydrogens is 1840 g/mol. The molecule has 44 atom stereocenters. The van der Waals surface area contributed by atoms with Crippen molar-refractivity contribution >= 4 is 31.1 Å². The number of hydrogen-bond acceptors (Lipinski definition) is 51. The molecule has 27 N–H and O–H groups in total. The monoisotopic (exact) mass is 1970 g/mol. The first-order chi connectivity index (χ1) is 62.2. The Kier molecular flexibility index (Phi) is 45.0. The van der Waals surface area contributed by atoms with E-state index >= 15 is 0 Å². The highest BCUT2D eigenvalue weighted by atomic mass is 28.5. The molecule has 0 aromatic rings. The van der Waals surface area contributed by atoms with Crippen LogP contribution >= 0.6 is 0 Å². The number of hydrogen-bond donors (Lipinski definition) is 27. The molecule has 0 spiro atoms. The minimum Gasteiger partial charge on any atom is -0.437 e. The van der Waals surface area contributed by atoms with E-state index < -0.39 is 361 Å². The highest BCUT2D eigenvalue weighted by molar-refractivity contribution is 6.87. The number of aliphatic hydroxyl groups excluding tert-OH is 27. The van der Waals surface area contributed by atoms with Crippen LogP contribution in [-0.4, -0.2) is 543 Å². The van der Waals surface area contributed by atoms with Crippen LogP contribution in [0.25, 0.3) is 20.9 Å². The minimum absolute atomic E-state index is 0.0160. The largest absolute Gasteiger partial charge is 0.437 e. The second-order valence-corrected chi connectivity index (χ2v) is 47.1. The van der Waals surface area contributed by atoms with E-state index in [4.69, 9.17) is 116 Å². The number of nitrogens with zero attached hydrogens (tertiary/aromatic N) is 7. The quantitative estimate of drug-likeness (QED) is 0.00673. The van der Waals surface area contributed by atoms with Crippen molar-refractivity contribution in [2.24, 2.45) is 10.2 Å². The highest BCUT2D eigenvalue weighted by Gasteiger charge is 2.59. The lowest BCUT2D eigenvalue weighted by Crippen LogP contribution is -2.68. The van der Waals surface area contributed by atoms with Gasteiger partial charge in [-0.05, 0) is 75.3 Å². The summed E-state index contributed by atoms with van der Waals surface area (Å²) in [4.78, 5) is 18.5. The van der Waals surface area contributed by atoms with Gasteiger partial charge >= 0.3 is 8.56 Å². The Hall–Kier alpha value is -3.62. The van der Waals surface area contributed by atoms with E-state index in [0.29, 0.717) is 13.2 Å². The summed E-state index contributed by atoms with van der Waals surface area (Å²) < 4.78 is 122. The van der Waals surface area contributed by atoms with Gasteiger partial charge in [-0.15, -0.1) is 6.42 Å². The normalized spacial score (nSPS) is 42.3. The number of carbonyl (C=O) groups is 1. The molecule has 9 aliphatic heterocycles. The molecule has 132 heavy (non-hydrogen) atoms. The summed E-state index contributed by atoms with van der Waals surface area (Å²) in [5.41, 5.74) is 16.5. The maximum Gasteiger partial charge on any atom is 0.311 e. The van der Waals surface area contributed by atoms with Gasteiger partial charge in [-0.1, -0.05) is 16.1 Å². The smallest absolute Gasteiger partial charge is 0.311 e. The third kappa shape index (κ3) is 30.5. The van der Waals surface area contributed by atoms with E-state index in [1.54, 1.807) is 0 Å². The zero-order valence-electron chi connectivity index (χ0n) is 73.1. The minimum atomic E-state index is -2.50. The van der Waals surface area contributed by atoms with Gasteiger partial charge in [0.15, 0.2) is 79.5 Å². The summed E-state index contributed by atoms with van der Waals surface area (Å²) in [6, 6.07) is 1.85. The standard InChI is InChI=1S/C55H89NO43.C18H42N6O6Si3/c1-3-4-56(13(2)59)46-34(75)31(72)43(47(82)99-46)96-53-40(81)33(74)42(21(93-53)12-88-55-45(24(65)16(62)9-85-55)98-50-37(78)29(70)26(67)18(6-58)90-50)95-52-39(80)32(73)41(94-51-38(79)30(71)27(68)19(91-51)10-86-48-35(76)22(63)14(60)7-83-48)20(92-52)11-87-54-44(23(64)15(61)8-84-54)97-49-36(77)28(69)25(66)17(5-57)89-49;1-31(2,11-7-9-27-15-17(25)13-21-23-19)29-33(5,6)30-32(3,4)12-8-10-28-16-18(26)14-22-24-20/h1,14-55,57-58,60-82H,4-12H2,2H3;17-18,25-26H,7-16H2,1-6H3/t14-,15+,16-,17?,18?,19?,20+,21?,22+,23?,24+,25+,26+,27-,28+,29+,30+,31?,32?,33-,34?,35?,36?,37?,38?,39?,40?,41-,42-,43+,44?,45?,46-,47-,48-,49+,50+,51+,52+,53+,54+,55-;/m1./s1. The van der Waals surface area contributed by atoms with Gasteiger partial charge in [0.25, 0.3) is 0 Å². The van der Waals surface area contributed by atoms with Crippen LogP contribution in [0.3, 0.4) is 0 Å². The third-order valence-electron chi connectivity index (χ3n) is 22.7. The lowest BCUT2D eigenvalue weighted by Gasteiger charge is -2.50. The molecule has 0 aliphatic carbocycles. The summed E-state index contributed by atoms with van der Waals surface area (Å²) in [7, 11) is -6.19. The first kappa shape index (κ1) is 114. The van der Waals surface area contributed by atoms with Gasteiger partial charge in [0.2, 0.25) is 5.91 Å². The third-order valence-corrected chi connectivity index (χ3v) is 34.2. The molecule has 0 aromatic heterocycles. The predicted molar refractivity (Wildman–Crippen MR) is 433 cm³/mol. The number of azide groups is 2. The lowest BCUT2D eigenvalue weighted by molar-refractivity contribution is -0.399. The summed E-state index contributed by atoms with van der Waals surface area (Å²) in [5.74, 6) is 1.36. The molecule has 18 unspecified atom stereocenters. The second kappa shape index (κ2) is 52.2. The summed E-state index contributed by atoms with van der Waals surface area (Å²) in [6.07, 6.45) is -80.6. The van der Waals surface area contributed by atoms with Crippen molar-refractivity contribution in [3.05, 3.63) is 20.9 Å². The molecule has 9 rings (SSSR count). The maximum atomic E-state index is 12.5. The van der Waals surface area contributed by atoms with Crippen molar-refractivity contribution in [2.45, 2.75) is 342 Å². The fourth-order valence-electron chi connectivity index (χ4n) is 15.7. The van der Waals surface area contributed by atoms with E-state index in [1.807, 2.05) is 0 Å². The van der Waals surface area contributed by atoms with Gasteiger partial charge in [0.1, 0.15) is 195 Å². The molecule has 9 fully saturated rings. The Morgan fingerprint density at radius 1 is 0.417 bits per heavy atom. The van der Waals surface area contributed by atoms with Gasteiger partial charge in [0, 0.05) is 30.0 Å². The first-order valence-electron chi connectivity index (χ1n) is 42.6. The number of ether oxygens (including phenoxy) is 19. The lowest BCUT2D eigenvalue weighted by atomic mass is 9.95. The SMILES string of the molecule is C#CCN(C(C)=O)[C@@H]1O[C@@H](O)[C@@H](O[C@@H]2OC(CO[C@H]3OC[C@@H](O)[C@H](O)C3O[C@@H]3OC(CO)[C@H](O)[C@H](O)C3O)[C@@H](O[C@@H]3O[C@@H](CO[C@@H]4OC[C@H](O)C(O)C4O[C@@H]4OC(CO)[C@H](O)[C@H](O)C4O)[C@@H](O[C@@H]4OC(CO[C@H]5OC[C@@H](O)[C@H](O)C5O)[C@@H](O)[C@H](O)C4O)C(O)C3O)[C@H](O)C2O)C(O)C1O.C[Si](C)(CCCOCC(O)CN=[N+]=[N-])O[Si](C)(C)O[Si](C)(C)CCCOCC(O)CN=[N+]=[N-]. The Balaban J connectivity index is 0.000000551. The number of rotatable bonds is 43. The molecule has 0 saturated carbocycles. The van der Waals surface area contributed by atoms with Crippen molar-refractivity contribution in [3.8, 4) is 12.3 Å². The van der Waals surface area contributed by atoms with Crippen LogP contribution in [0.15, 0.2) is 10.2 Å². The van der Waals surface area contributed by atoms with Crippen LogP contribution in [0.5, 0.6) is 0 Å². The molecule has 0 bridgehead atoms. The fourth-order valence-corrected chi connectivity index (χ4v) is 29.7. The molecule has 59 heteroatoms. The van der Waals surface area contributed by atoms with E-state index in [9.17, 15) is 143 Å². The molecule has 9 saturated heterocycles. The molecule has 56 nitrogen and oxygen atoms in total. The topological polar surface area (TPSA) is 858 Å². The number of amides is 1. The first-order valence-corrected chi connectivity index (χ1v) is 51.6. The Labute approximate surface area is 758 Å². The van der Waals surface area contributed by atoms with E-state index in [2.05, 4.69) is 65.3 Å². The average molecular weight is 1980 g/mol. The zero-order valence-corrected chi connectivity index (χ0v) is 76.1. The molecule has 764 valence electrons. The number of carbonyl (C=O) groups excluding carboxylic acids is 1. The Bertz CT molecular complexity index is 3520. The van der Waals surface area contributed by atoms with Crippen LogP contribution in [0.2, 0.25) is 51.4 Å². The van der Waals surface area contributed by atoms with E-state index in [-0.39, 0.29) is 26.3 Å². The highest BCUT2D eigenvalue weighted by Crippen LogP contribution is 2.39. The van der Waals surface area contributed by atoms with Crippen molar-refractivity contribution in [2.75, 3.05) is 98.9 Å². The summed E-state index contributed by atoms with van der Waals surface area (Å²) >= 11 is 0. The summed E-state index contributed by atoms with van der Waals surface area (Å²) in [6.45, 7) is 7.91.